The highest BCUT2D eigenvalue weighted by atomic mass is 35.5. The zero-order valence-corrected chi connectivity index (χ0v) is 24.6. The molecule has 4 heterocycles. The van der Waals surface area contributed by atoms with Gasteiger partial charge in [-0.1, -0.05) is 34.5 Å². The molecule has 2 aromatic carbocycles. The number of piperazine rings is 1. The minimum Gasteiger partial charge on any atom is -0.491 e. The second-order valence-electron chi connectivity index (χ2n) is 10.1. The molecule has 0 spiro atoms. The average molecular weight is 602 g/mol. The molecule has 218 valence electrons. The van der Waals surface area contributed by atoms with Gasteiger partial charge in [-0.25, -0.2) is 9.67 Å². The minimum absolute atomic E-state index is 0.288. The molecule has 2 aromatic heterocycles. The van der Waals surface area contributed by atoms with Crippen LogP contribution in [0.5, 0.6) is 5.75 Å². The first-order valence-corrected chi connectivity index (χ1v) is 14.3. The summed E-state index contributed by atoms with van der Waals surface area (Å²) in [4.78, 5) is 8.96. The van der Waals surface area contributed by atoms with Crippen LogP contribution in [0.15, 0.2) is 67.5 Å². The van der Waals surface area contributed by atoms with Crippen molar-refractivity contribution in [2.75, 3.05) is 44.3 Å². The fraction of sp³-hybridized carbons (Fsp3) is 0.429. The third-order valence-electron chi connectivity index (χ3n) is 7.05. The Morgan fingerprint density at radius 1 is 1.10 bits per heavy atom. The van der Waals surface area contributed by atoms with Crippen LogP contribution in [0.25, 0.3) is 0 Å². The summed E-state index contributed by atoms with van der Waals surface area (Å²) in [6.07, 6.45) is 6.04. The number of aromatic nitrogens is 6. The van der Waals surface area contributed by atoms with Crippen LogP contribution < -0.4 is 9.64 Å². The van der Waals surface area contributed by atoms with Crippen molar-refractivity contribution in [1.82, 2.24) is 35.1 Å². The smallest absolute Gasteiger partial charge is 0.217 e. The lowest BCUT2D eigenvalue weighted by Crippen LogP contribution is -2.48. The first-order valence-electron chi connectivity index (χ1n) is 13.5. The maximum atomic E-state index is 6.53. The summed E-state index contributed by atoms with van der Waals surface area (Å²) >= 11 is 12.7. The number of anilines is 1. The molecule has 13 heteroatoms. The number of nitrogens with zero attached hydrogens (tertiary/aromatic N) is 7. The number of halogens is 2. The third kappa shape index (κ3) is 7.55. The third-order valence-corrected chi connectivity index (χ3v) is 7.60. The molecule has 2 fully saturated rings. The average Bonchev–Trinajstić information content (AvgIpc) is 3.78. The number of aromatic amines is 1. The SMILES string of the molecule is CC(C)N1CCN(c2ccc(OC[C@H]3CO[C@](Cn4cncn4)(c4ccc(Cl)cc4Cl)O3)cc2)CC1.c1c[nH]nn1. The fourth-order valence-corrected chi connectivity index (χ4v) is 5.44. The standard InChI is InChI=1S/C26H31Cl2N5O3.C2H3N3/c1-19(2)31-9-11-32(12-10-31)21-4-6-22(7-5-21)34-14-23-15-35-26(36-23,16-33-18-29-17-30-33)24-8-3-20(27)13-25(24)28;1-2-4-5-3-1/h3-8,13,17-19,23H,9-12,14-16H2,1-2H3;1-2H,(H,3,4,5)/t23-,26-;/m0./s1. The minimum atomic E-state index is -1.12. The normalized spacial score (nSPS) is 21.1. The molecule has 2 aliphatic rings. The molecule has 0 bridgehead atoms. The maximum absolute atomic E-state index is 6.53. The molecule has 0 radical (unpaired) electrons. The second kappa shape index (κ2) is 13.6. The molecule has 1 N–H and O–H groups in total. The summed E-state index contributed by atoms with van der Waals surface area (Å²) in [7, 11) is 0. The lowest BCUT2D eigenvalue weighted by atomic mass is 10.1. The zero-order valence-electron chi connectivity index (χ0n) is 23.1. The van der Waals surface area contributed by atoms with Crippen molar-refractivity contribution in [1.29, 1.82) is 0 Å². The predicted octanol–water partition coefficient (Wildman–Crippen LogP) is 4.27. The van der Waals surface area contributed by atoms with Crippen molar-refractivity contribution >= 4 is 28.9 Å². The van der Waals surface area contributed by atoms with Gasteiger partial charge in [0, 0.05) is 54.7 Å². The number of nitrogens with one attached hydrogen (secondary N) is 1. The second-order valence-corrected chi connectivity index (χ2v) is 10.9. The Bertz CT molecular complexity index is 1320. The van der Waals surface area contributed by atoms with Crippen LogP contribution >= 0.6 is 23.2 Å². The Kier molecular flexibility index (Phi) is 9.73. The number of hydrogen-bond donors (Lipinski definition) is 1. The topological polar surface area (TPSA) is 106 Å². The van der Waals surface area contributed by atoms with E-state index in [4.69, 9.17) is 37.4 Å². The van der Waals surface area contributed by atoms with E-state index in [1.807, 2.05) is 18.2 Å². The van der Waals surface area contributed by atoms with Crippen LogP contribution in [0, 0.1) is 0 Å². The molecule has 0 aliphatic carbocycles. The van der Waals surface area contributed by atoms with Gasteiger partial charge in [0.2, 0.25) is 5.79 Å². The first-order chi connectivity index (χ1) is 19.9. The molecular formula is C28H34Cl2N8O3. The van der Waals surface area contributed by atoms with Gasteiger partial charge in [-0.15, -0.1) is 5.10 Å². The lowest BCUT2D eigenvalue weighted by Gasteiger charge is -2.38. The van der Waals surface area contributed by atoms with Gasteiger partial charge in [0.1, 0.15) is 37.7 Å². The van der Waals surface area contributed by atoms with Crippen LogP contribution in [0.1, 0.15) is 19.4 Å². The number of H-pyrrole nitrogens is 1. The van der Waals surface area contributed by atoms with Crippen LogP contribution in [0.4, 0.5) is 5.69 Å². The Morgan fingerprint density at radius 3 is 2.51 bits per heavy atom. The molecule has 0 amide bonds. The summed E-state index contributed by atoms with van der Waals surface area (Å²) in [6.45, 7) is 9.74. The molecule has 11 nitrogen and oxygen atoms in total. The van der Waals surface area contributed by atoms with Crippen LogP contribution in [0.3, 0.4) is 0 Å². The van der Waals surface area contributed by atoms with Crippen molar-refractivity contribution in [2.24, 2.45) is 0 Å². The van der Waals surface area contributed by atoms with Gasteiger partial charge in [0.15, 0.2) is 0 Å². The van der Waals surface area contributed by atoms with Gasteiger partial charge in [-0.3, -0.25) is 10.00 Å². The van der Waals surface area contributed by atoms with Crippen molar-refractivity contribution in [3.05, 3.63) is 83.1 Å². The summed E-state index contributed by atoms with van der Waals surface area (Å²) in [5.74, 6) is -0.327. The fourth-order valence-electron chi connectivity index (χ4n) is 4.89. The van der Waals surface area contributed by atoms with E-state index >= 15 is 0 Å². The highest BCUT2D eigenvalue weighted by Gasteiger charge is 2.45. The highest BCUT2D eigenvalue weighted by molar-refractivity contribution is 6.35. The monoisotopic (exact) mass is 600 g/mol. The molecular weight excluding hydrogens is 567 g/mol. The molecule has 6 rings (SSSR count). The van der Waals surface area contributed by atoms with Crippen LogP contribution in [-0.2, 0) is 21.8 Å². The van der Waals surface area contributed by atoms with Gasteiger partial charge < -0.3 is 19.1 Å². The van der Waals surface area contributed by atoms with Gasteiger partial charge in [-0.2, -0.15) is 5.10 Å². The first kappa shape index (κ1) is 29.3. The molecule has 0 unspecified atom stereocenters. The lowest BCUT2D eigenvalue weighted by molar-refractivity contribution is -0.190. The van der Waals surface area contributed by atoms with Gasteiger partial charge >= 0.3 is 0 Å². The Hall–Kier alpha value is -3.22. The van der Waals surface area contributed by atoms with E-state index in [0.29, 0.717) is 41.4 Å². The Balaban J connectivity index is 0.000000610. The summed E-state index contributed by atoms with van der Waals surface area (Å²) in [6, 6.07) is 14.1. The van der Waals surface area contributed by atoms with E-state index in [1.54, 1.807) is 35.5 Å². The van der Waals surface area contributed by atoms with Gasteiger partial charge in [0.05, 0.1) is 17.8 Å². The quantitative estimate of drug-likeness (QED) is 0.317. The largest absolute Gasteiger partial charge is 0.491 e. The van der Waals surface area contributed by atoms with E-state index < -0.39 is 5.79 Å². The van der Waals surface area contributed by atoms with E-state index in [1.165, 1.54) is 12.0 Å². The molecule has 2 atom stereocenters. The number of rotatable bonds is 8. The molecule has 0 saturated carbocycles. The van der Waals surface area contributed by atoms with E-state index in [9.17, 15) is 0 Å². The number of benzene rings is 2. The predicted molar refractivity (Wildman–Crippen MR) is 156 cm³/mol. The summed E-state index contributed by atoms with van der Waals surface area (Å²) < 4.78 is 20.4. The number of hydrogen-bond acceptors (Lipinski definition) is 9. The number of ether oxygens (including phenoxy) is 3. The van der Waals surface area contributed by atoms with Crippen LogP contribution in [-0.4, -0.2) is 86.6 Å². The van der Waals surface area contributed by atoms with Crippen molar-refractivity contribution in [3.63, 3.8) is 0 Å². The Morgan fingerprint density at radius 2 is 1.90 bits per heavy atom. The van der Waals surface area contributed by atoms with Crippen molar-refractivity contribution in [2.45, 2.75) is 38.3 Å². The van der Waals surface area contributed by atoms with Crippen molar-refractivity contribution < 1.29 is 14.2 Å². The molecule has 2 saturated heterocycles. The van der Waals surface area contributed by atoms with E-state index in [0.717, 1.165) is 31.9 Å². The van der Waals surface area contributed by atoms with Crippen LogP contribution in [0.2, 0.25) is 10.0 Å². The van der Waals surface area contributed by atoms with Crippen molar-refractivity contribution in [3.8, 4) is 5.75 Å². The molecule has 4 aromatic rings. The van der Waals surface area contributed by atoms with E-state index in [-0.39, 0.29) is 6.10 Å². The zero-order chi connectivity index (χ0) is 28.7. The summed E-state index contributed by atoms with van der Waals surface area (Å²) in [5.41, 5.74) is 1.91. The summed E-state index contributed by atoms with van der Waals surface area (Å²) in [5, 5.41) is 14.5. The molecule has 41 heavy (non-hydrogen) atoms. The highest BCUT2D eigenvalue weighted by Crippen LogP contribution is 2.40. The Labute approximate surface area is 249 Å². The van der Waals surface area contributed by atoms with Gasteiger partial charge in [-0.05, 0) is 50.2 Å². The van der Waals surface area contributed by atoms with Gasteiger partial charge in [0.25, 0.3) is 0 Å². The molecule has 2 aliphatic heterocycles. The maximum Gasteiger partial charge on any atom is 0.217 e. The van der Waals surface area contributed by atoms with E-state index in [2.05, 4.69) is 61.3 Å².